The van der Waals surface area contributed by atoms with Crippen LogP contribution in [-0.4, -0.2) is 55.9 Å². The van der Waals surface area contributed by atoms with Crippen LogP contribution in [0.5, 0.6) is 11.5 Å². The summed E-state index contributed by atoms with van der Waals surface area (Å²) in [5.74, 6) is 1.67. The largest absolute Gasteiger partial charge is 0.454 e. The molecule has 1 fully saturated rings. The minimum atomic E-state index is 0.244. The minimum absolute atomic E-state index is 0.244. The van der Waals surface area contributed by atoms with Gasteiger partial charge in [0, 0.05) is 38.3 Å². The SMILES string of the molecule is CC1CN(C)CCN1C(CN)c1ccc2c(c1)OCO2. The predicted molar refractivity (Wildman–Crippen MR) is 78.0 cm³/mol. The van der Waals surface area contributed by atoms with Gasteiger partial charge in [-0.05, 0) is 31.7 Å². The van der Waals surface area contributed by atoms with Gasteiger partial charge in [0.15, 0.2) is 11.5 Å². The smallest absolute Gasteiger partial charge is 0.231 e. The highest BCUT2D eigenvalue weighted by atomic mass is 16.7. The Hall–Kier alpha value is -1.30. The molecule has 2 atom stereocenters. The molecule has 2 unspecified atom stereocenters. The zero-order chi connectivity index (χ0) is 14.1. The molecule has 1 aromatic carbocycles. The van der Waals surface area contributed by atoms with Crippen LogP contribution in [0.1, 0.15) is 18.5 Å². The molecule has 2 aliphatic heterocycles. The van der Waals surface area contributed by atoms with Crippen molar-refractivity contribution in [3.05, 3.63) is 23.8 Å². The zero-order valence-corrected chi connectivity index (χ0v) is 12.2. The lowest BCUT2D eigenvalue weighted by molar-refractivity contribution is 0.0635. The molecule has 20 heavy (non-hydrogen) atoms. The Bertz CT molecular complexity index is 480. The van der Waals surface area contributed by atoms with Crippen LogP contribution in [-0.2, 0) is 0 Å². The standard InChI is InChI=1S/C15H23N3O2/c1-11-9-17(2)5-6-18(11)13(8-16)12-3-4-14-15(7-12)20-10-19-14/h3-4,7,11,13H,5-6,8-10,16H2,1-2H3. The van der Waals surface area contributed by atoms with E-state index in [1.165, 1.54) is 5.56 Å². The van der Waals surface area contributed by atoms with Crippen molar-refractivity contribution in [1.29, 1.82) is 0 Å². The van der Waals surface area contributed by atoms with Crippen molar-refractivity contribution in [2.24, 2.45) is 5.73 Å². The number of fused-ring (bicyclic) bond motifs is 1. The highest BCUT2D eigenvalue weighted by molar-refractivity contribution is 5.45. The molecule has 0 saturated carbocycles. The molecule has 5 nitrogen and oxygen atoms in total. The number of ether oxygens (including phenoxy) is 2. The fourth-order valence-corrected chi connectivity index (χ4v) is 3.20. The number of piperazine rings is 1. The first-order valence-electron chi connectivity index (χ1n) is 7.23. The molecular formula is C15H23N3O2. The third-order valence-electron chi connectivity index (χ3n) is 4.29. The Morgan fingerprint density at radius 2 is 2.10 bits per heavy atom. The van der Waals surface area contributed by atoms with E-state index in [-0.39, 0.29) is 6.04 Å². The summed E-state index contributed by atoms with van der Waals surface area (Å²) in [5.41, 5.74) is 7.27. The minimum Gasteiger partial charge on any atom is -0.454 e. The number of nitrogens with two attached hydrogens (primary N) is 1. The molecule has 0 bridgehead atoms. The molecule has 3 rings (SSSR count). The molecule has 0 amide bonds. The number of hydrogen-bond acceptors (Lipinski definition) is 5. The highest BCUT2D eigenvalue weighted by Crippen LogP contribution is 2.35. The summed E-state index contributed by atoms with van der Waals surface area (Å²) in [7, 11) is 2.17. The molecule has 0 aliphatic carbocycles. The molecule has 2 N–H and O–H groups in total. The van der Waals surface area contributed by atoms with Gasteiger partial charge < -0.3 is 20.1 Å². The maximum Gasteiger partial charge on any atom is 0.231 e. The lowest BCUT2D eigenvalue weighted by atomic mass is 10.0. The van der Waals surface area contributed by atoms with Crippen LogP contribution in [0.2, 0.25) is 0 Å². The van der Waals surface area contributed by atoms with Crippen LogP contribution in [0.25, 0.3) is 0 Å². The molecule has 2 heterocycles. The third kappa shape index (κ3) is 2.49. The number of likely N-dealkylation sites (N-methyl/N-ethyl adjacent to an activating group) is 1. The summed E-state index contributed by atoms with van der Waals surface area (Å²) >= 11 is 0. The van der Waals surface area contributed by atoms with E-state index in [0.29, 0.717) is 19.4 Å². The van der Waals surface area contributed by atoms with Gasteiger partial charge in [-0.1, -0.05) is 6.07 Å². The molecule has 0 spiro atoms. The van der Waals surface area contributed by atoms with Gasteiger partial charge in [-0.15, -0.1) is 0 Å². The number of nitrogens with zero attached hydrogens (tertiary/aromatic N) is 2. The monoisotopic (exact) mass is 277 g/mol. The van der Waals surface area contributed by atoms with E-state index < -0.39 is 0 Å². The summed E-state index contributed by atoms with van der Waals surface area (Å²) < 4.78 is 10.8. The summed E-state index contributed by atoms with van der Waals surface area (Å²) in [5, 5.41) is 0. The fourth-order valence-electron chi connectivity index (χ4n) is 3.20. The van der Waals surface area contributed by atoms with E-state index in [0.717, 1.165) is 31.1 Å². The second-order valence-corrected chi connectivity index (χ2v) is 5.71. The van der Waals surface area contributed by atoms with Crippen LogP contribution in [0.15, 0.2) is 18.2 Å². The van der Waals surface area contributed by atoms with Crippen LogP contribution in [0.4, 0.5) is 0 Å². The van der Waals surface area contributed by atoms with E-state index in [2.05, 4.69) is 35.9 Å². The average Bonchev–Trinajstić information content (AvgIpc) is 2.89. The number of hydrogen-bond donors (Lipinski definition) is 1. The van der Waals surface area contributed by atoms with Crippen molar-refractivity contribution < 1.29 is 9.47 Å². The fraction of sp³-hybridized carbons (Fsp3) is 0.600. The van der Waals surface area contributed by atoms with Crippen molar-refractivity contribution in [3.63, 3.8) is 0 Å². The van der Waals surface area contributed by atoms with Gasteiger partial charge in [-0.3, -0.25) is 4.90 Å². The van der Waals surface area contributed by atoms with Crippen LogP contribution in [0, 0.1) is 0 Å². The Morgan fingerprint density at radius 3 is 2.85 bits per heavy atom. The molecular weight excluding hydrogens is 254 g/mol. The van der Waals surface area contributed by atoms with Gasteiger partial charge in [0.2, 0.25) is 6.79 Å². The average molecular weight is 277 g/mol. The Balaban J connectivity index is 1.82. The maximum atomic E-state index is 6.05. The molecule has 1 aromatic rings. The lowest BCUT2D eigenvalue weighted by Gasteiger charge is -2.42. The Morgan fingerprint density at radius 1 is 1.30 bits per heavy atom. The van der Waals surface area contributed by atoms with Gasteiger partial charge in [-0.25, -0.2) is 0 Å². The van der Waals surface area contributed by atoms with Crippen LogP contribution in [0.3, 0.4) is 0 Å². The van der Waals surface area contributed by atoms with Crippen LogP contribution < -0.4 is 15.2 Å². The topological polar surface area (TPSA) is 51.0 Å². The lowest BCUT2D eigenvalue weighted by Crippen LogP contribution is -2.52. The molecule has 5 heteroatoms. The Kier molecular flexibility index (Phi) is 3.83. The quantitative estimate of drug-likeness (QED) is 0.895. The summed E-state index contributed by atoms with van der Waals surface area (Å²) in [6.07, 6.45) is 0. The normalized spacial score (nSPS) is 24.9. The zero-order valence-electron chi connectivity index (χ0n) is 12.2. The van der Waals surface area contributed by atoms with E-state index in [1.54, 1.807) is 0 Å². The van der Waals surface area contributed by atoms with Crippen molar-refractivity contribution >= 4 is 0 Å². The van der Waals surface area contributed by atoms with Gasteiger partial charge in [0.1, 0.15) is 0 Å². The Labute approximate surface area is 120 Å². The first-order chi connectivity index (χ1) is 9.69. The summed E-state index contributed by atoms with van der Waals surface area (Å²) in [4.78, 5) is 4.87. The molecule has 0 radical (unpaired) electrons. The van der Waals surface area contributed by atoms with Crippen molar-refractivity contribution in [2.75, 3.05) is 40.0 Å². The van der Waals surface area contributed by atoms with E-state index in [4.69, 9.17) is 15.2 Å². The van der Waals surface area contributed by atoms with Gasteiger partial charge in [0.25, 0.3) is 0 Å². The molecule has 2 aliphatic rings. The molecule has 1 saturated heterocycles. The second kappa shape index (κ2) is 5.60. The third-order valence-corrected chi connectivity index (χ3v) is 4.29. The van der Waals surface area contributed by atoms with E-state index in [9.17, 15) is 0 Å². The number of rotatable bonds is 3. The van der Waals surface area contributed by atoms with E-state index >= 15 is 0 Å². The van der Waals surface area contributed by atoms with Gasteiger partial charge in [0.05, 0.1) is 0 Å². The van der Waals surface area contributed by atoms with Crippen molar-refractivity contribution in [3.8, 4) is 11.5 Å². The van der Waals surface area contributed by atoms with Crippen LogP contribution >= 0.6 is 0 Å². The highest BCUT2D eigenvalue weighted by Gasteiger charge is 2.29. The van der Waals surface area contributed by atoms with Gasteiger partial charge >= 0.3 is 0 Å². The summed E-state index contributed by atoms with van der Waals surface area (Å²) in [6, 6.07) is 6.92. The van der Waals surface area contributed by atoms with Crippen molar-refractivity contribution in [2.45, 2.75) is 19.0 Å². The summed E-state index contributed by atoms with van der Waals surface area (Å²) in [6.45, 7) is 6.43. The molecule has 0 aromatic heterocycles. The second-order valence-electron chi connectivity index (χ2n) is 5.71. The number of benzene rings is 1. The predicted octanol–water partition coefficient (Wildman–Crippen LogP) is 1.05. The molecule has 110 valence electrons. The first-order valence-corrected chi connectivity index (χ1v) is 7.23. The maximum absolute atomic E-state index is 6.05. The van der Waals surface area contributed by atoms with Gasteiger partial charge in [-0.2, -0.15) is 0 Å². The van der Waals surface area contributed by atoms with Crippen molar-refractivity contribution in [1.82, 2.24) is 9.80 Å². The first kappa shape index (κ1) is 13.7. The van der Waals surface area contributed by atoms with E-state index in [1.807, 2.05) is 6.07 Å².